The number of aliphatic imine (C=N–C) groups is 1. The van der Waals surface area contributed by atoms with E-state index in [1.165, 1.54) is 12.1 Å². The van der Waals surface area contributed by atoms with Crippen molar-refractivity contribution in [3.05, 3.63) is 35.6 Å². The second-order valence-electron chi connectivity index (χ2n) is 5.16. The first-order chi connectivity index (χ1) is 9.60. The highest BCUT2D eigenvalue weighted by Gasteiger charge is 2.22. The third-order valence-corrected chi connectivity index (χ3v) is 4.24. The quantitative estimate of drug-likeness (QED) is 0.848. The van der Waals surface area contributed by atoms with Crippen molar-refractivity contribution in [1.82, 2.24) is 9.80 Å². The van der Waals surface area contributed by atoms with Gasteiger partial charge in [0.25, 0.3) is 0 Å². The second-order valence-corrected chi connectivity index (χ2v) is 6.39. The minimum atomic E-state index is -0.187. The van der Waals surface area contributed by atoms with Crippen LogP contribution in [0.1, 0.15) is 26.3 Å². The number of benzene rings is 1. The molecule has 0 bridgehead atoms. The van der Waals surface area contributed by atoms with E-state index in [4.69, 9.17) is 0 Å². The molecule has 1 aromatic rings. The van der Waals surface area contributed by atoms with E-state index in [9.17, 15) is 4.39 Å². The van der Waals surface area contributed by atoms with E-state index >= 15 is 0 Å². The van der Waals surface area contributed by atoms with Crippen LogP contribution in [0, 0.1) is 5.82 Å². The number of hydrogen-bond acceptors (Lipinski definition) is 4. The molecule has 0 saturated heterocycles. The number of thioether (sulfide) groups is 1. The molecule has 0 radical (unpaired) electrons. The molecule has 0 N–H and O–H groups in total. The highest BCUT2D eigenvalue weighted by Crippen LogP contribution is 2.19. The van der Waals surface area contributed by atoms with Gasteiger partial charge in [0.05, 0.1) is 13.3 Å². The predicted molar refractivity (Wildman–Crippen MR) is 84.2 cm³/mol. The van der Waals surface area contributed by atoms with Crippen LogP contribution < -0.4 is 0 Å². The fraction of sp³-hybridized carbons (Fsp3) is 0.533. The molecule has 0 amide bonds. The van der Waals surface area contributed by atoms with Crippen LogP contribution in [-0.4, -0.2) is 40.1 Å². The highest BCUT2D eigenvalue weighted by atomic mass is 32.2. The van der Waals surface area contributed by atoms with Gasteiger partial charge in [-0.2, -0.15) is 0 Å². The maximum Gasteiger partial charge on any atom is 0.161 e. The molecule has 20 heavy (non-hydrogen) atoms. The molecule has 5 heteroatoms. The summed E-state index contributed by atoms with van der Waals surface area (Å²) in [5.41, 5.74) is 1.11. The number of nitrogens with zero attached hydrogens (tertiary/aromatic N) is 3. The molecule has 1 aliphatic heterocycles. The van der Waals surface area contributed by atoms with Gasteiger partial charge in [0.2, 0.25) is 0 Å². The monoisotopic (exact) mass is 295 g/mol. The van der Waals surface area contributed by atoms with Gasteiger partial charge in [-0.1, -0.05) is 30.8 Å². The zero-order valence-electron chi connectivity index (χ0n) is 12.3. The predicted octanol–water partition coefficient (Wildman–Crippen LogP) is 3.38. The van der Waals surface area contributed by atoms with Crippen molar-refractivity contribution in [2.45, 2.75) is 33.4 Å². The van der Waals surface area contributed by atoms with Crippen LogP contribution in [0.4, 0.5) is 4.39 Å². The first kappa shape index (κ1) is 15.3. The summed E-state index contributed by atoms with van der Waals surface area (Å²) in [6, 6.07) is 7.20. The van der Waals surface area contributed by atoms with E-state index in [-0.39, 0.29) is 5.82 Å². The van der Waals surface area contributed by atoms with E-state index in [1.807, 2.05) is 12.1 Å². The van der Waals surface area contributed by atoms with Gasteiger partial charge in [-0.15, -0.1) is 0 Å². The van der Waals surface area contributed by atoms with E-state index in [1.54, 1.807) is 11.8 Å². The normalized spacial score (nSPS) is 16.6. The minimum absolute atomic E-state index is 0.187. The fourth-order valence-electron chi connectivity index (χ4n) is 2.10. The first-order valence-corrected chi connectivity index (χ1v) is 7.99. The van der Waals surface area contributed by atoms with Crippen molar-refractivity contribution in [3.63, 3.8) is 0 Å². The summed E-state index contributed by atoms with van der Waals surface area (Å²) in [6.45, 7) is 8.92. The summed E-state index contributed by atoms with van der Waals surface area (Å²) in [4.78, 5) is 9.27. The molecule has 1 aliphatic rings. The summed E-state index contributed by atoms with van der Waals surface area (Å²) in [6.07, 6.45) is 0. The molecule has 0 spiro atoms. The molecule has 110 valence electrons. The van der Waals surface area contributed by atoms with Gasteiger partial charge < -0.3 is 4.90 Å². The number of hydrogen-bond donors (Lipinski definition) is 0. The summed E-state index contributed by atoms with van der Waals surface area (Å²) in [5, 5.41) is 1.09. The van der Waals surface area contributed by atoms with Gasteiger partial charge in [0.15, 0.2) is 5.17 Å². The summed E-state index contributed by atoms with van der Waals surface area (Å²) in [7, 11) is 0. The Hall–Kier alpha value is -1.07. The van der Waals surface area contributed by atoms with Crippen molar-refractivity contribution < 1.29 is 4.39 Å². The second kappa shape index (κ2) is 7.09. The van der Waals surface area contributed by atoms with Crippen LogP contribution in [0.15, 0.2) is 29.3 Å². The Morgan fingerprint density at radius 1 is 1.30 bits per heavy atom. The minimum Gasteiger partial charge on any atom is -0.334 e. The topological polar surface area (TPSA) is 18.8 Å². The van der Waals surface area contributed by atoms with Crippen molar-refractivity contribution >= 4 is 16.9 Å². The summed E-state index contributed by atoms with van der Waals surface area (Å²) in [5.74, 6) is 0.827. The Labute approximate surface area is 124 Å². The number of rotatable bonds is 4. The van der Waals surface area contributed by atoms with Crippen molar-refractivity contribution in [2.75, 3.05) is 19.1 Å². The molecular formula is C15H22FN3S. The van der Waals surface area contributed by atoms with E-state index < -0.39 is 0 Å². The first-order valence-electron chi connectivity index (χ1n) is 7.01. The molecule has 1 heterocycles. The van der Waals surface area contributed by atoms with Crippen LogP contribution in [0.25, 0.3) is 0 Å². The molecular weight excluding hydrogens is 273 g/mol. The lowest BCUT2D eigenvalue weighted by molar-refractivity contribution is 0.137. The average Bonchev–Trinajstić information content (AvgIpc) is 2.43. The van der Waals surface area contributed by atoms with Crippen LogP contribution in [0.2, 0.25) is 0 Å². The third kappa shape index (κ3) is 3.96. The lowest BCUT2D eigenvalue weighted by atomic mass is 10.2. The van der Waals surface area contributed by atoms with Gasteiger partial charge in [-0.05, 0) is 37.3 Å². The van der Waals surface area contributed by atoms with Crippen molar-refractivity contribution in [1.29, 1.82) is 0 Å². The molecule has 0 aromatic heterocycles. The number of halogens is 1. The summed E-state index contributed by atoms with van der Waals surface area (Å²) < 4.78 is 13.0. The molecule has 3 nitrogen and oxygen atoms in total. The van der Waals surface area contributed by atoms with E-state index in [2.05, 4.69) is 35.6 Å². The molecule has 0 fully saturated rings. The molecule has 0 aliphatic carbocycles. The average molecular weight is 295 g/mol. The third-order valence-electron chi connectivity index (χ3n) is 3.30. The zero-order valence-corrected chi connectivity index (χ0v) is 13.2. The van der Waals surface area contributed by atoms with Crippen LogP contribution in [0.3, 0.4) is 0 Å². The van der Waals surface area contributed by atoms with Crippen LogP contribution in [0.5, 0.6) is 0 Å². The van der Waals surface area contributed by atoms with Gasteiger partial charge in [-0.3, -0.25) is 4.90 Å². The maximum absolute atomic E-state index is 13.0. The lowest BCUT2D eigenvalue weighted by Crippen LogP contribution is -2.47. The SMILES string of the molecule is CCSC1=NCN(C(C)C)CN1Cc1ccc(F)cc1. The zero-order chi connectivity index (χ0) is 14.5. The summed E-state index contributed by atoms with van der Waals surface area (Å²) >= 11 is 1.77. The van der Waals surface area contributed by atoms with Crippen molar-refractivity contribution in [3.8, 4) is 0 Å². The Morgan fingerprint density at radius 3 is 2.60 bits per heavy atom. The Kier molecular flexibility index (Phi) is 5.43. The Bertz CT molecular complexity index is 459. The van der Waals surface area contributed by atoms with E-state index in [0.717, 1.165) is 36.4 Å². The van der Waals surface area contributed by atoms with Gasteiger partial charge in [-0.25, -0.2) is 9.38 Å². The van der Waals surface area contributed by atoms with Gasteiger partial charge in [0.1, 0.15) is 5.82 Å². The molecule has 2 rings (SSSR count). The standard InChI is InChI=1S/C15H22FN3S/c1-4-20-15-17-10-19(12(2)3)11-18(15)9-13-5-7-14(16)8-6-13/h5-8,12H,4,9-11H2,1-3H3. The molecule has 0 saturated carbocycles. The molecule has 1 aromatic carbocycles. The van der Waals surface area contributed by atoms with Crippen molar-refractivity contribution in [2.24, 2.45) is 4.99 Å². The van der Waals surface area contributed by atoms with Gasteiger partial charge >= 0.3 is 0 Å². The smallest absolute Gasteiger partial charge is 0.161 e. The van der Waals surface area contributed by atoms with Gasteiger partial charge in [0, 0.05) is 12.6 Å². The van der Waals surface area contributed by atoms with Crippen LogP contribution >= 0.6 is 11.8 Å². The Morgan fingerprint density at radius 2 is 2.00 bits per heavy atom. The lowest BCUT2D eigenvalue weighted by Gasteiger charge is -2.37. The number of amidine groups is 1. The molecule has 0 unspecified atom stereocenters. The Balaban J connectivity index is 2.10. The fourth-order valence-corrected chi connectivity index (χ4v) is 2.81. The van der Waals surface area contributed by atoms with Crippen LogP contribution in [-0.2, 0) is 6.54 Å². The maximum atomic E-state index is 13.0. The highest BCUT2D eigenvalue weighted by molar-refractivity contribution is 8.13. The largest absolute Gasteiger partial charge is 0.334 e. The molecule has 0 atom stereocenters. The van der Waals surface area contributed by atoms with E-state index in [0.29, 0.717) is 6.04 Å².